The number of esters is 1. The van der Waals surface area contributed by atoms with Crippen LogP contribution in [0.3, 0.4) is 0 Å². The lowest BCUT2D eigenvalue weighted by Crippen LogP contribution is -2.11. The van der Waals surface area contributed by atoms with Crippen LogP contribution in [0.25, 0.3) is 0 Å². The van der Waals surface area contributed by atoms with Gasteiger partial charge in [-0.3, -0.25) is 9.59 Å². The van der Waals surface area contributed by atoms with Crippen LogP contribution in [-0.4, -0.2) is 28.1 Å². The van der Waals surface area contributed by atoms with Crippen molar-refractivity contribution in [3.8, 4) is 5.75 Å². The minimum absolute atomic E-state index is 0.000999. The summed E-state index contributed by atoms with van der Waals surface area (Å²) in [5, 5.41) is 17.3. The third-order valence-electron chi connectivity index (χ3n) is 2.36. The molecule has 0 aliphatic rings. The summed E-state index contributed by atoms with van der Waals surface area (Å²) < 4.78 is 4.95. The summed E-state index contributed by atoms with van der Waals surface area (Å²) in [6.45, 7) is 0. The molecule has 102 valence electrons. The van der Waals surface area contributed by atoms with Gasteiger partial charge in [-0.15, -0.1) is 0 Å². The standard InChI is InChI=1S/C13H14O6/c14-11(15)7-3-4-8-12(16)19-10-6-2-1-5-9(10)13(17)18/h1-2,5-6H,3-4,7-8H2,(H,14,15)(H,17,18). The average molecular weight is 266 g/mol. The second-order valence-electron chi connectivity index (χ2n) is 3.88. The lowest BCUT2D eigenvalue weighted by molar-refractivity contribution is -0.138. The first-order valence-corrected chi connectivity index (χ1v) is 5.75. The van der Waals surface area contributed by atoms with Crippen LogP contribution in [0.4, 0.5) is 0 Å². The second kappa shape index (κ2) is 7.15. The van der Waals surface area contributed by atoms with E-state index in [1.807, 2.05) is 0 Å². The third-order valence-corrected chi connectivity index (χ3v) is 2.36. The molecule has 0 radical (unpaired) electrons. The van der Waals surface area contributed by atoms with Gasteiger partial charge in [0.2, 0.25) is 0 Å². The van der Waals surface area contributed by atoms with Gasteiger partial charge in [-0.05, 0) is 25.0 Å². The van der Waals surface area contributed by atoms with Crippen molar-refractivity contribution in [2.45, 2.75) is 25.7 Å². The van der Waals surface area contributed by atoms with E-state index in [2.05, 4.69) is 0 Å². The van der Waals surface area contributed by atoms with E-state index >= 15 is 0 Å². The predicted molar refractivity (Wildman–Crippen MR) is 65.1 cm³/mol. The molecule has 0 unspecified atom stereocenters. The van der Waals surface area contributed by atoms with Gasteiger partial charge in [0, 0.05) is 12.8 Å². The molecule has 0 aliphatic heterocycles. The molecule has 2 N–H and O–H groups in total. The molecule has 0 aromatic heterocycles. The maximum Gasteiger partial charge on any atom is 0.339 e. The van der Waals surface area contributed by atoms with Crippen LogP contribution in [0.1, 0.15) is 36.0 Å². The summed E-state index contributed by atoms with van der Waals surface area (Å²) >= 11 is 0. The molecule has 1 aromatic rings. The molecule has 0 saturated heterocycles. The van der Waals surface area contributed by atoms with Crippen molar-refractivity contribution in [1.82, 2.24) is 0 Å². The fourth-order valence-corrected chi connectivity index (χ4v) is 1.45. The maximum atomic E-state index is 11.5. The number of ether oxygens (including phenoxy) is 1. The molecule has 0 bridgehead atoms. The first kappa shape index (κ1) is 14.7. The van der Waals surface area contributed by atoms with Crippen molar-refractivity contribution in [3.63, 3.8) is 0 Å². The highest BCUT2D eigenvalue weighted by Gasteiger charge is 2.13. The second-order valence-corrected chi connectivity index (χ2v) is 3.88. The quantitative estimate of drug-likeness (QED) is 0.444. The van der Waals surface area contributed by atoms with Gasteiger partial charge in [-0.25, -0.2) is 4.79 Å². The smallest absolute Gasteiger partial charge is 0.339 e. The summed E-state index contributed by atoms with van der Waals surface area (Å²) in [6, 6.07) is 5.85. The van der Waals surface area contributed by atoms with E-state index < -0.39 is 17.9 Å². The van der Waals surface area contributed by atoms with E-state index in [-0.39, 0.29) is 24.2 Å². The zero-order valence-corrected chi connectivity index (χ0v) is 10.2. The van der Waals surface area contributed by atoms with Crippen LogP contribution in [-0.2, 0) is 9.59 Å². The first-order valence-electron chi connectivity index (χ1n) is 5.75. The highest BCUT2D eigenvalue weighted by molar-refractivity contribution is 5.91. The number of aliphatic carboxylic acids is 1. The number of aromatic carboxylic acids is 1. The fourth-order valence-electron chi connectivity index (χ4n) is 1.45. The van der Waals surface area contributed by atoms with E-state index in [4.69, 9.17) is 14.9 Å². The van der Waals surface area contributed by atoms with E-state index in [0.29, 0.717) is 12.8 Å². The van der Waals surface area contributed by atoms with Gasteiger partial charge in [0.25, 0.3) is 0 Å². The normalized spacial score (nSPS) is 9.89. The molecule has 1 rings (SSSR count). The number of hydrogen-bond donors (Lipinski definition) is 2. The molecular formula is C13H14O6. The van der Waals surface area contributed by atoms with E-state index in [9.17, 15) is 14.4 Å². The minimum Gasteiger partial charge on any atom is -0.481 e. The van der Waals surface area contributed by atoms with Gasteiger partial charge in [0.15, 0.2) is 0 Å². The van der Waals surface area contributed by atoms with Crippen molar-refractivity contribution in [2.75, 3.05) is 0 Å². The largest absolute Gasteiger partial charge is 0.481 e. The van der Waals surface area contributed by atoms with E-state index in [0.717, 1.165) is 0 Å². The van der Waals surface area contributed by atoms with Crippen LogP contribution in [0, 0.1) is 0 Å². The lowest BCUT2D eigenvalue weighted by atomic mass is 10.2. The van der Waals surface area contributed by atoms with Crippen LogP contribution in [0.15, 0.2) is 24.3 Å². The molecule has 0 spiro atoms. The van der Waals surface area contributed by atoms with Gasteiger partial charge in [-0.2, -0.15) is 0 Å². The zero-order valence-electron chi connectivity index (χ0n) is 10.2. The number of para-hydroxylation sites is 1. The molecule has 6 heteroatoms. The highest BCUT2D eigenvalue weighted by Crippen LogP contribution is 2.18. The number of carbonyl (C=O) groups is 3. The van der Waals surface area contributed by atoms with Crippen LogP contribution >= 0.6 is 0 Å². The molecule has 0 amide bonds. The fraction of sp³-hybridized carbons (Fsp3) is 0.308. The number of unbranched alkanes of at least 4 members (excludes halogenated alkanes) is 1. The van der Waals surface area contributed by atoms with Gasteiger partial charge >= 0.3 is 17.9 Å². The highest BCUT2D eigenvalue weighted by atomic mass is 16.5. The molecule has 6 nitrogen and oxygen atoms in total. The zero-order chi connectivity index (χ0) is 14.3. The molecule has 0 saturated carbocycles. The molecule has 0 atom stereocenters. The van der Waals surface area contributed by atoms with Crippen LogP contribution < -0.4 is 4.74 Å². The summed E-state index contributed by atoms with van der Waals surface area (Å²) in [4.78, 5) is 32.6. The Morgan fingerprint density at radius 2 is 1.63 bits per heavy atom. The van der Waals surface area contributed by atoms with Gasteiger partial charge in [0.1, 0.15) is 11.3 Å². The topological polar surface area (TPSA) is 101 Å². The lowest BCUT2D eigenvalue weighted by Gasteiger charge is -2.06. The Morgan fingerprint density at radius 3 is 2.26 bits per heavy atom. The van der Waals surface area contributed by atoms with Gasteiger partial charge < -0.3 is 14.9 Å². The average Bonchev–Trinajstić information content (AvgIpc) is 2.35. The van der Waals surface area contributed by atoms with Crippen molar-refractivity contribution in [2.24, 2.45) is 0 Å². The summed E-state index contributed by atoms with van der Waals surface area (Å²) in [7, 11) is 0. The molecule has 0 fully saturated rings. The van der Waals surface area contributed by atoms with Crippen molar-refractivity contribution in [1.29, 1.82) is 0 Å². The first-order chi connectivity index (χ1) is 9.00. The van der Waals surface area contributed by atoms with E-state index in [1.165, 1.54) is 18.2 Å². The monoisotopic (exact) mass is 266 g/mol. The van der Waals surface area contributed by atoms with Crippen LogP contribution in [0.5, 0.6) is 5.75 Å². The summed E-state index contributed by atoms with van der Waals surface area (Å²) in [6.07, 6.45) is 0.825. The number of hydrogen-bond acceptors (Lipinski definition) is 4. The van der Waals surface area contributed by atoms with E-state index in [1.54, 1.807) is 6.07 Å². The SMILES string of the molecule is O=C(O)CCCCC(=O)Oc1ccccc1C(=O)O. The van der Waals surface area contributed by atoms with Gasteiger partial charge in [-0.1, -0.05) is 12.1 Å². The number of rotatable bonds is 7. The molecule has 1 aromatic carbocycles. The Labute approximate surface area is 109 Å². The number of carbonyl (C=O) groups excluding carboxylic acids is 1. The molecule has 19 heavy (non-hydrogen) atoms. The minimum atomic E-state index is -1.17. The Balaban J connectivity index is 2.48. The number of carboxylic acid groups (broad SMARTS) is 2. The number of benzene rings is 1. The Hall–Kier alpha value is -2.37. The van der Waals surface area contributed by atoms with Crippen molar-refractivity contribution in [3.05, 3.63) is 29.8 Å². The Morgan fingerprint density at radius 1 is 1.00 bits per heavy atom. The molecule has 0 aliphatic carbocycles. The summed E-state index contributed by atoms with van der Waals surface area (Å²) in [5.74, 6) is -2.66. The molecular weight excluding hydrogens is 252 g/mol. The Bertz CT molecular complexity index is 480. The summed E-state index contributed by atoms with van der Waals surface area (Å²) in [5.41, 5.74) is -0.0821. The predicted octanol–water partition coefficient (Wildman–Crippen LogP) is 1.94. The van der Waals surface area contributed by atoms with Crippen molar-refractivity contribution < 1.29 is 29.3 Å². The van der Waals surface area contributed by atoms with Gasteiger partial charge in [0.05, 0.1) is 0 Å². The van der Waals surface area contributed by atoms with Crippen molar-refractivity contribution >= 4 is 17.9 Å². The maximum absolute atomic E-state index is 11.5. The Kier molecular flexibility index (Phi) is 5.53. The molecule has 0 heterocycles. The van der Waals surface area contributed by atoms with Crippen LogP contribution in [0.2, 0.25) is 0 Å². The number of carboxylic acids is 2. The third kappa shape index (κ3) is 5.20.